The first kappa shape index (κ1) is 14.1. The molecule has 0 amide bonds. The van der Waals surface area contributed by atoms with Gasteiger partial charge in [0.1, 0.15) is 4.75 Å². The fourth-order valence-corrected chi connectivity index (χ4v) is 2.18. The van der Waals surface area contributed by atoms with Crippen molar-refractivity contribution >= 4 is 11.4 Å². The minimum absolute atomic E-state index is 0.318. The average Bonchev–Trinajstić information content (AvgIpc) is 1.95. The van der Waals surface area contributed by atoms with E-state index in [-0.39, 0.29) is 0 Å². The van der Waals surface area contributed by atoms with Crippen LogP contribution in [0.3, 0.4) is 0 Å². The predicted octanol–water partition coefficient (Wildman–Crippen LogP) is 1.19. The van der Waals surface area contributed by atoms with E-state index in [4.69, 9.17) is 0 Å². The highest BCUT2D eigenvalue weighted by Crippen LogP contribution is 2.29. The lowest BCUT2D eigenvalue weighted by Gasteiger charge is -2.37. The van der Waals surface area contributed by atoms with Crippen molar-refractivity contribution in [2.45, 2.75) is 37.7 Å². The van der Waals surface area contributed by atoms with E-state index in [1.807, 2.05) is 0 Å². The van der Waals surface area contributed by atoms with Gasteiger partial charge in [-0.2, -0.15) is 13.2 Å². The highest BCUT2D eigenvalue weighted by molar-refractivity contribution is 7.90. The number of nitrogens with one attached hydrogen (secondary N) is 2. The Labute approximate surface area is 96.5 Å². The molecule has 0 spiro atoms. The number of alkyl halides is 3. The Morgan fingerprint density at radius 1 is 1.31 bits per heavy atom. The van der Waals surface area contributed by atoms with Crippen LogP contribution in [0.15, 0.2) is 0 Å². The minimum atomic E-state index is -4.35. The van der Waals surface area contributed by atoms with Crippen LogP contribution in [0.25, 0.3) is 0 Å². The SMILES string of the molecule is CC(C)(C)[S+]([O-])NC(C1CNC1)C(F)(F)F. The van der Waals surface area contributed by atoms with E-state index >= 15 is 0 Å². The van der Waals surface area contributed by atoms with Crippen LogP contribution >= 0.6 is 0 Å². The first-order chi connectivity index (χ1) is 7.12. The van der Waals surface area contributed by atoms with Gasteiger partial charge in [0, 0.05) is 30.4 Å². The molecule has 1 saturated heterocycles. The van der Waals surface area contributed by atoms with Gasteiger partial charge in [0.15, 0.2) is 6.04 Å². The van der Waals surface area contributed by atoms with E-state index in [0.29, 0.717) is 13.1 Å². The molecule has 2 unspecified atom stereocenters. The molecule has 1 heterocycles. The summed E-state index contributed by atoms with van der Waals surface area (Å²) in [4.78, 5) is 0. The molecule has 1 aliphatic rings. The summed E-state index contributed by atoms with van der Waals surface area (Å²) in [6.45, 7) is 5.56. The van der Waals surface area contributed by atoms with Gasteiger partial charge in [0.2, 0.25) is 0 Å². The fraction of sp³-hybridized carbons (Fsp3) is 1.00. The summed E-state index contributed by atoms with van der Waals surface area (Å²) in [5.74, 6) is -0.522. The topological polar surface area (TPSA) is 47.1 Å². The zero-order valence-electron chi connectivity index (χ0n) is 9.52. The van der Waals surface area contributed by atoms with E-state index in [0.717, 1.165) is 0 Å². The third-order valence-electron chi connectivity index (χ3n) is 2.43. The Bertz CT molecular complexity index is 238. The Morgan fingerprint density at radius 3 is 2.06 bits per heavy atom. The van der Waals surface area contributed by atoms with Crippen molar-refractivity contribution < 1.29 is 17.7 Å². The van der Waals surface area contributed by atoms with Gasteiger partial charge in [-0.1, -0.05) is 0 Å². The van der Waals surface area contributed by atoms with Crippen LogP contribution < -0.4 is 10.0 Å². The highest BCUT2D eigenvalue weighted by atomic mass is 32.2. The van der Waals surface area contributed by atoms with Crippen LogP contribution in [-0.4, -0.2) is 34.6 Å². The van der Waals surface area contributed by atoms with Gasteiger partial charge in [-0.3, -0.25) is 0 Å². The molecule has 0 saturated carbocycles. The van der Waals surface area contributed by atoms with Crippen LogP contribution in [0.1, 0.15) is 20.8 Å². The lowest BCUT2D eigenvalue weighted by molar-refractivity contribution is -0.166. The fourth-order valence-electron chi connectivity index (χ4n) is 1.27. The van der Waals surface area contributed by atoms with Gasteiger partial charge in [-0.05, 0) is 20.8 Å². The number of rotatable bonds is 3. The quantitative estimate of drug-likeness (QED) is 0.748. The Hall–Kier alpha value is 0.0200. The number of hydrogen-bond donors (Lipinski definition) is 2. The van der Waals surface area contributed by atoms with Crippen LogP contribution in [0.2, 0.25) is 0 Å². The normalized spacial score (nSPS) is 22.7. The summed E-state index contributed by atoms with van der Waals surface area (Å²) in [5, 5.41) is 2.79. The molecule has 3 nitrogen and oxygen atoms in total. The standard InChI is InChI=1S/C9H17F3N2OS/c1-8(2,3)16(15)14-7(9(10,11)12)6-4-13-5-6/h6-7,13-14H,4-5H2,1-3H3. The molecule has 0 aliphatic carbocycles. The summed E-state index contributed by atoms with van der Waals surface area (Å²) in [6.07, 6.45) is -4.35. The second-order valence-corrected chi connectivity index (χ2v) is 6.93. The van der Waals surface area contributed by atoms with Crippen molar-refractivity contribution in [2.75, 3.05) is 13.1 Å². The lowest BCUT2D eigenvalue weighted by Crippen LogP contribution is -2.61. The lowest BCUT2D eigenvalue weighted by atomic mass is 9.94. The zero-order valence-corrected chi connectivity index (χ0v) is 10.3. The first-order valence-corrected chi connectivity index (χ1v) is 6.23. The molecule has 0 aromatic heterocycles. The van der Waals surface area contributed by atoms with E-state index in [1.54, 1.807) is 20.8 Å². The van der Waals surface area contributed by atoms with Crippen LogP contribution in [0, 0.1) is 5.92 Å². The maximum absolute atomic E-state index is 12.7. The maximum atomic E-state index is 12.7. The smallest absolute Gasteiger partial charge is 0.408 e. The molecule has 1 rings (SSSR count). The number of hydrogen-bond acceptors (Lipinski definition) is 3. The molecule has 0 aromatic rings. The maximum Gasteiger partial charge on any atom is 0.408 e. The minimum Gasteiger partial charge on any atom is -0.598 e. The van der Waals surface area contributed by atoms with E-state index < -0.39 is 34.2 Å². The average molecular weight is 258 g/mol. The zero-order chi connectivity index (χ0) is 12.6. The highest BCUT2D eigenvalue weighted by Gasteiger charge is 2.50. The summed E-state index contributed by atoms with van der Waals surface area (Å²) in [6, 6.07) is -1.69. The second kappa shape index (κ2) is 4.72. The summed E-state index contributed by atoms with van der Waals surface area (Å²) < 4.78 is 51.3. The van der Waals surface area contributed by atoms with E-state index in [2.05, 4.69) is 10.0 Å². The third-order valence-corrected chi connectivity index (χ3v) is 4.01. The Kier molecular flexibility index (Phi) is 4.15. The molecule has 7 heteroatoms. The molecular formula is C9H17F3N2OS. The van der Waals surface area contributed by atoms with Gasteiger partial charge >= 0.3 is 6.18 Å². The van der Waals surface area contributed by atoms with E-state index in [1.165, 1.54) is 0 Å². The molecule has 2 atom stereocenters. The summed E-state index contributed by atoms with van der Waals surface area (Å²) >= 11 is -1.70. The largest absolute Gasteiger partial charge is 0.598 e. The van der Waals surface area contributed by atoms with Gasteiger partial charge < -0.3 is 9.87 Å². The summed E-state index contributed by atoms with van der Waals surface area (Å²) in [5.41, 5.74) is 0. The molecule has 1 fully saturated rings. The molecule has 1 aliphatic heterocycles. The second-order valence-electron chi connectivity index (χ2n) is 4.94. The van der Waals surface area contributed by atoms with Crippen molar-refractivity contribution in [1.29, 1.82) is 0 Å². The van der Waals surface area contributed by atoms with Crippen molar-refractivity contribution in [2.24, 2.45) is 5.92 Å². The Morgan fingerprint density at radius 2 is 1.81 bits per heavy atom. The molecule has 0 aromatic carbocycles. The van der Waals surface area contributed by atoms with Crippen LogP contribution in [0.4, 0.5) is 13.2 Å². The van der Waals surface area contributed by atoms with Crippen LogP contribution in [0.5, 0.6) is 0 Å². The van der Waals surface area contributed by atoms with Gasteiger partial charge in [0.05, 0.1) is 0 Å². The molecular weight excluding hydrogens is 241 g/mol. The van der Waals surface area contributed by atoms with Crippen molar-refractivity contribution in [3.05, 3.63) is 0 Å². The summed E-state index contributed by atoms with van der Waals surface area (Å²) in [7, 11) is 0. The molecule has 16 heavy (non-hydrogen) atoms. The van der Waals surface area contributed by atoms with Crippen molar-refractivity contribution in [1.82, 2.24) is 10.0 Å². The van der Waals surface area contributed by atoms with Gasteiger partial charge in [0.25, 0.3) is 0 Å². The molecule has 0 bridgehead atoms. The van der Waals surface area contributed by atoms with Crippen molar-refractivity contribution in [3.63, 3.8) is 0 Å². The molecule has 2 N–H and O–H groups in total. The van der Waals surface area contributed by atoms with Gasteiger partial charge in [-0.15, -0.1) is 4.72 Å². The third kappa shape index (κ3) is 3.51. The molecule has 96 valence electrons. The van der Waals surface area contributed by atoms with Crippen molar-refractivity contribution in [3.8, 4) is 0 Å². The van der Waals surface area contributed by atoms with Gasteiger partial charge in [-0.25, -0.2) is 0 Å². The first-order valence-electron chi connectivity index (χ1n) is 5.08. The monoisotopic (exact) mass is 258 g/mol. The van der Waals surface area contributed by atoms with Crippen LogP contribution in [-0.2, 0) is 11.4 Å². The Balaban J connectivity index is 2.64. The number of halogens is 3. The predicted molar refractivity (Wildman–Crippen MR) is 57.2 cm³/mol. The van der Waals surface area contributed by atoms with E-state index in [9.17, 15) is 17.7 Å². The molecule has 0 radical (unpaired) electrons.